The van der Waals surface area contributed by atoms with Crippen LogP contribution in [-0.4, -0.2) is 49.9 Å². The summed E-state index contributed by atoms with van der Waals surface area (Å²) in [5.41, 5.74) is 2.01. The number of rotatable bonds is 6. The van der Waals surface area contributed by atoms with Crippen molar-refractivity contribution in [2.45, 2.75) is 18.4 Å². The van der Waals surface area contributed by atoms with Gasteiger partial charge in [-0.05, 0) is 61.0 Å². The molecule has 0 aliphatic carbocycles. The Balaban J connectivity index is 1.72. The molecule has 1 aliphatic rings. The molecule has 1 saturated heterocycles. The largest absolute Gasteiger partial charge is 0.379 e. The Morgan fingerprint density at radius 1 is 1.09 bits per heavy atom. The van der Waals surface area contributed by atoms with Crippen molar-refractivity contribution in [2.75, 3.05) is 31.2 Å². The lowest BCUT2D eigenvalue weighted by Gasteiger charge is -2.27. The van der Waals surface area contributed by atoms with Crippen molar-refractivity contribution < 1.29 is 22.3 Å². The third kappa shape index (κ3) is 5.11. The van der Waals surface area contributed by atoms with Gasteiger partial charge in [-0.25, -0.2) is 12.8 Å². The number of nitrogens with zero attached hydrogens (tertiary/aromatic N) is 3. The number of ether oxygens (including phenoxy) is 1. The predicted molar refractivity (Wildman–Crippen MR) is 122 cm³/mol. The average Bonchev–Trinajstić information content (AvgIpc) is 2.84. The zero-order valence-electron chi connectivity index (χ0n) is 18.1. The molecule has 1 aliphatic heterocycles. The van der Waals surface area contributed by atoms with Gasteiger partial charge in [0.15, 0.2) is 0 Å². The molecule has 33 heavy (non-hydrogen) atoms. The lowest BCUT2D eigenvalue weighted by Crippen LogP contribution is -2.40. The van der Waals surface area contributed by atoms with E-state index in [4.69, 9.17) is 4.74 Å². The van der Waals surface area contributed by atoms with E-state index >= 15 is 0 Å². The summed E-state index contributed by atoms with van der Waals surface area (Å²) in [4.78, 5) is 19.5. The molecular formula is C24H24FN3O4S. The highest BCUT2D eigenvalue weighted by molar-refractivity contribution is 7.89. The van der Waals surface area contributed by atoms with Gasteiger partial charge in [-0.15, -0.1) is 0 Å². The topological polar surface area (TPSA) is 79.8 Å². The number of pyridine rings is 1. The van der Waals surface area contributed by atoms with Crippen LogP contribution >= 0.6 is 0 Å². The second-order valence-electron chi connectivity index (χ2n) is 7.68. The quantitative estimate of drug-likeness (QED) is 0.553. The average molecular weight is 470 g/mol. The van der Waals surface area contributed by atoms with E-state index in [-0.39, 0.29) is 30.1 Å². The lowest BCUT2D eigenvalue weighted by atomic mass is 10.1. The summed E-state index contributed by atoms with van der Waals surface area (Å²) in [6.07, 6.45) is 1.63. The summed E-state index contributed by atoms with van der Waals surface area (Å²) >= 11 is 0. The van der Waals surface area contributed by atoms with Gasteiger partial charge in [0.25, 0.3) is 5.91 Å². The molecule has 1 fully saturated rings. The first kappa shape index (κ1) is 23.0. The van der Waals surface area contributed by atoms with Crippen LogP contribution < -0.4 is 4.90 Å². The number of benzene rings is 2. The number of hydrogen-bond donors (Lipinski definition) is 0. The number of morpholine rings is 1. The van der Waals surface area contributed by atoms with Crippen molar-refractivity contribution in [3.05, 3.63) is 89.5 Å². The minimum absolute atomic E-state index is 0.0512. The van der Waals surface area contributed by atoms with Crippen LogP contribution in [0.2, 0.25) is 0 Å². The predicted octanol–water partition coefficient (Wildman–Crippen LogP) is 3.40. The molecular weight excluding hydrogens is 445 g/mol. The van der Waals surface area contributed by atoms with Crippen molar-refractivity contribution in [1.29, 1.82) is 0 Å². The maximum absolute atomic E-state index is 13.7. The van der Waals surface area contributed by atoms with Gasteiger partial charge in [-0.2, -0.15) is 4.31 Å². The van der Waals surface area contributed by atoms with Gasteiger partial charge >= 0.3 is 0 Å². The van der Waals surface area contributed by atoms with Crippen LogP contribution in [0.5, 0.6) is 0 Å². The van der Waals surface area contributed by atoms with Crippen LogP contribution in [0.1, 0.15) is 21.6 Å². The van der Waals surface area contributed by atoms with E-state index in [9.17, 15) is 17.6 Å². The van der Waals surface area contributed by atoms with E-state index in [0.717, 1.165) is 0 Å². The van der Waals surface area contributed by atoms with Crippen LogP contribution in [0, 0.1) is 12.7 Å². The van der Waals surface area contributed by atoms with Crippen molar-refractivity contribution in [3.8, 4) is 0 Å². The van der Waals surface area contributed by atoms with Gasteiger partial charge in [0, 0.05) is 30.5 Å². The fourth-order valence-electron chi connectivity index (χ4n) is 3.63. The Hall–Kier alpha value is -3.14. The summed E-state index contributed by atoms with van der Waals surface area (Å²) in [5.74, 6) is -0.817. The number of hydrogen-bond acceptors (Lipinski definition) is 5. The van der Waals surface area contributed by atoms with Crippen molar-refractivity contribution in [3.63, 3.8) is 0 Å². The summed E-state index contributed by atoms with van der Waals surface area (Å²) in [6, 6.07) is 15.5. The monoisotopic (exact) mass is 469 g/mol. The van der Waals surface area contributed by atoms with Gasteiger partial charge in [-0.1, -0.05) is 12.1 Å². The molecule has 2 aromatic carbocycles. The first-order valence-electron chi connectivity index (χ1n) is 10.5. The van der Waals surface area contributed by atoms with Gasteiger partial charge in [0.2, 0.25) is 10.0 Å². The van der Waals surface area contributed by atoms with Crippen LogP contribution in [0.4, 0.5) is 10.1 Å². The molecule has 2 heterocycles. The number of amides is 1. The highest BCUT2D eigenvalue weighted by Crippen LogP contribution is 2.25. The summed E-state index contributed by atoms with van der Waals surface area (Å²) in [5, 5.41) is 0. The van der Waals surface area contributed by atoms with Crippen LogP contribution in [0.25, 0.3) is 0 Å². The summed E-state index contributed by atoms with van der Waals surface area (Å²) in [7, 11) is -3.77. The smallest absolute Gasteiger partial charge is 0.258 e. The zero-order chi connectivity index (χ0) is 23.4. The fourth-order valence-corrected chi connectivity index (χ4v) is 5.06. The maximum Gasteiger partial charge on any atom is 0.258 e. The number of carbonyl (C=O) groups excluding carboxylic acids is 1. The molecule has 0 atom stereocenters. The van der Waals surface area contributed by atoms with Gasteiger partial charge in [0.1, 0.15) is 5.82 Å². The van der Waals surface area contributed by atoms with E-state index in [2.05, 4.69) is 4.98 Å². The molecule has 172 valence electrons. The van der Waals surface area contributed by atoms with Gasteiger partial charge < -0.3 is 9.64 Å². The molecule has 0 bridgehead atoms. The highest BCUT2D eigenvalue weighted by Gasteiger charge is 2.28. The molecule has 1 aromatic heterocycles. The summed E-state index contributed by atoms with van der Waals surface area (Å²) < 4.78 is 46.4. The van der Waals surface area contributed by atoms with E-state index in [1.165, 1.54) is 45.6 Å². The number of carbonyl (C=O) groups is 1. The minimum Gasteiger partial charge on any atom is -0.379 e. The first-order valence-corrected chi connectivity index (χ1v) is 12.0. The lowest BCUT2D eigenvalue weighted by molar-refractivity contribution is 0.0730. The number of halogens is 1. The first-order chi connectivity index (χ1) is 15.9. The Morgan fingerprint density at radius 3 is 2.48 bits per heavy atom. The molecule has 4 rings (SSSR count). The third-order valence-corrected chi connectivity index (χ3v) is 7.37. The minimum atomic E-state index is -3.77. The number of aryl methyl sites for hydroxylation is 1. The van der Waals surface area contributed by atoms with Crippen LogP contribution in [-0.2, 0) is 21.3 Å². The Bertz CT molecular complexity index is 1230. The fraction of sp³-hybridized carbons (Fsp3) is 0.250. The SMILES string of the molecule is Cc1ccc(S(=O)(=O)N2CCOCC2)cc1C(=O)N(Cc1ccccn1)c1ccc(F)cc1. The Morgan fingerprint density at radius 2 is 1.82 bits per heavy atom. The molecule has 0 radical (unpaired) electrons. The molecule has 0 saturated carbocycles. The van der Waals surface area contributed by atoms with Crippen LogP contribution in [0.15, 0.2) is 71.8 Å². The van der Waals surface area contributed by atoms with E-state index in [1.54, 1.807) is 31.3 Å². The molecule has 0 N–H and O–H groups in total. The molecule has 1 amide bonds. The molecule has 3 aromatic rings. The Kier molecular flexibility index (Phi) is 6.83. The van der Waals surface area contributed by atoms with Crippen molar-refractivity contribution >= 4 is 21.6 Å². The Labute approximate surface area is 192 Å². The molecule has 0 unspecified atom stereocenters. The van der Waals surface area contributed by atoms with E-state index < -0.39 is 21.7 Å². The number of anilines is 1. The van der Waals surface area contributed by atoms with E-state index in [0.29, 0.717) is 30.2 Å². The third-order valence-electron chi connectivity index (χ3n) is 5.48. The zero-order valence-corrected chi connectivity index (χ0v) is 19.0. The molecule has 0 spiro atoms. The standard InChI is InChI=1S/C24H24FN3O4S/c1-18-5-10-22(33(30,31)27-12-14-32-15-13-27)16-23(18)24(29)28(17-20-4-2-3-11-26-20)21-8-6-19(25)7-9-21/h2-11,16H,12-15,17H2,1H3. The second kappa shape index (κ2) is 9.78. The molecule has 7 nitrogen and oxygen atoms in total. The number of sulfonamides is 1. The maximum atomic E-state index is 13.7. The molecule has 9 heteroatoms. The number of aromatic nitrogens is 1. The highest BCUT2D eigenvalue weighted by atomic mass is 32.2. The van der Waals surface area contributed by atoms with Crippen molar-refractivity contribution in [1.82, 2.24) is 9.29 Å². The van der Waals surface area contributed by atoms with Gasteiger partial charge in [0.05, 0.1) is 30.3 Å². The second-order valence-corrected chi connectivity index (χ2v) is 9.62. The normalized spacial score (nSPS) is 14.7. The summed E-state index contributed by atoms with van der Waals surface area (Å²) in [6.45, 7) is 3.09. The van der Waals surface area contributed by atoms with E-state index in [1.807, 2.05) is 6.07 Å². The van der Waals surface area contributed by atoms with Crippen LogP contribution in [0.3, 0.4) is 0 Å². The van der Waals surface area contributed by atoms with Gasteiger partial charge in [-0.3, -0.25) is 9.78 Å². The van der Waals surface area contributed by atoms with Crippen molar-refractivity contribution in [2.24, 2.45) is 0 Å².